The summed E-state index contributed by atoms with van der Waals surface area (Å²) in [5, 5.41) is 10.3. The van der Waals surface area contributed by atoms with Crippen LogP contribution in [0.3, 0.4) is 0 Å². The fourth-order valence-corrected chi connectivity index (χ4v) is 8.79. The number of amides is 2. The van der Waals surface area contributed by atoms with Crippen molar-refractivity contribution in [2.75, 3.05) is 4.90 Å². The Bertz CT molecular complexity index is 1310. The van der Waals surface area contributed by atoms with Crippen LogP contribution >= 0.6 is 0 Å². The van der Waals surface area contributed by atoms with Crippen LogP contribution in [0.5, 0.6) is 0 Å². The van der Waals surface area contributed by atoms with E-state index < -0.39 is 48.2 Å². The standard InChI is InChI=1S/C32H37N3O5/c1-19(36)34-26(31(39)40)14-28(37)24-9-5-6-10-25(24)35(29(33)23-7-3-2-4-8-23)30(38)27(34)18-32-15-20-11-21(16-32)13-22(12-20)17-32/h2-10,20-22,26-27,29H,11-18,33H2,1H3,(H,39,40)/t20?,21?,22?,26-,27+,29?,32?/m0/s1. The average Bonchev–Trinajstić information content (AvgIpc) is 2.94. The van der Waals surface area contributed by atoms with E-state index in [0.717, 1.165) is 19.3 Å². The lowest BCUT2D eigenvalue weighted by molar-refractivity contribution is -0.156. The summed E-state index contributed by atoms with van der Waals surface area (Å²) in [6.45, 7) is 1.30. The molecule has 5 aliphatic rings. The number of nitrogens with two attached hydrogens (primary N) is 1. The fourth-order valence-electron chi connectivity index (χ4n) is 8.79. The van der Waals surface area contributed by atoms with Gasteiger partial charge in [-0.1, -0.05) is 42.5 Å². The molecule has 0 aromatic heterocycles. The molecule has 210 valence electrons. The van der Waals surface area contributed by atoms with E-state index in [-0.39, 0.29) is 11.0 Å². The molecule has 40 heavy (non-hydrogen) atoms. The molecule has 4 bridgehead atoms. The molecule has 0 saturated heterocycles. The quantitative estimate of drug-likeness (QED) is 0.571. The third kappa shape index (κ3) is 4.62. The van der Waals surface area contributed by atoms with E-state index in [1.807, 2.05) is 30.3 Å². The Hall–Kier alpha value is -3.52. The SMILES string of the molecule is CC(=O)N1[C@H](CC23CC4CC(CC(C4)C2)C3)C(=O)N(C(N)c2ccccc2)c2ccccc2C(=O)C[C@H]1C(=O)O. The molecule has 8 nitrogen and oxygen atoms in total. The van der Waals surface area contributed by atoms with Crippen LogP contribution in [0.15, 0.2) is 54.6 Å². The lowest BCUT2D eigenvalue weighted by Gasteiger charge is -2.58. The fraction of sp³-hybridized carbons (Fsp3) is 0.500. The summed E-state index contributed by atoms with van der Waals surface area (Å²) in [7, 11) is 0. The van der Waals surface area contributed by atoms with Gasteiger partial charge in [-0.3, -0.25) is 19.3 Å². The Morgan fingerprint density at radius 2 is 1.52 bits per heavy atom. The first-order valence-electron chi connectivity index (χ1n) is 14.4. The molecule has 2 aromatic rings. The molecule has 0 radical (unpaired) electrons. The van der Waals surface area contributed by atoms with E-state index in [0.29, 0.717) is 35.4 Å². The van der Waals surface area contributed by atoms with Gasteiger partial charge < -0.3 is 15.7 Å². The van der Waals surface area contributed by atoms with Gasteiger partial charge in [0, 0.05) is 18.9 Å². The summed E-state index contributed by atoms with van der Waals surface area (Å²) in [6, 6.07) is 13.4. The van der Waals surface area contributed by atoms with Gasteiger partial charge in [0.2, 0.25) is 5.91 Å². The van der Waals surface area contributed by atoms with Gasteiger partial charge in [0.25, 0.3) is 5.91 Å². The normalized spacial score (nSPS) is 32.2. The molecule has 2 amide bonds. The number of Topliss-reactive ketones (excluding diaryl/α,β-unsaturated/α-hetero) is 1. The third-order valence-electron chi connectivity index (χ3n) is 9.90. The van der Waals surface area contributed by atoms with Crippen molar-refractivity contribution in [3.63, 3.8) is 0 Å². The Kier molecular flexibility index (Phi) is 6.77. The second-order valence-electron chi connectivity index (χ2n) is 12.6. The van der Waals surface area contributed by atoms with Crippen LogP contribution in [0.4, 0.5) is 5.69 Å². The van der Waals surface area contributed by atoms with E-state index in [4.69, 9.17) is 5.73 Å². The Labute approximate surface area is 234 Å². The maximum Gasteiger partial charge on any atom is 0.326 e. The molecule has 1 heterocycles. The molecular formula is C32H37N3O5. The molecule has 1 unspecified atom stereocenters. The van der Waals surface area contributed by atoms with Gasteiger partial charge in [-0.25, -0.2) is 4.79 Å². The third-order valence-corrected chi connectivity index (χ3v) is 9.90. The highest BCUT2D eigenvalue weighted by atomic mass is 16.4. The average molecular weight is 544 g/mol. The topological polar surface area (TPSA) is 121 Å². The highest BCUT2D eigenvalue weighted by molar-refractivity contribution is 6.10. The highest BCUT2D eigenvalue weighted by Gasteiger charge is 2.54. The van der Waals surface area contributed by atoms with Gasteiger partial charge in [0.1, 0.15) is 18.2 Å². The second kappa shape index (κ2) is 10.1. The maximum absolute atomic E-state index is 14.9. The molecule has 3 atom stereocenters. The molecule has 4 saturated carbocycles. The summed E-state index contributed by atoms with van der Waals surface area (Å²) < 4.78 is 0. The number of anilines is 1. The minimum Gasteiger partial charge on any atom is -0.480 e. The predicted molar refractivity (Wildman–Crippen MR) is 149 cm³/mol. The van der Waals surface area contributed by atoms with Gasteiger partial charge >= 0.3 is 5.97 Å². The Morgan fingerprint density at radius 1 is 0.950 bits per heavy atom. The van der Waals surface area contributed by atoms with Crippen molar-refractivity contribution in [1.82, 2.24) is 4.90 Å². The van der Waals surface area contributed by atoms with E-state index in [9.17, 15) is 24.3 Å². The van der Waals surface area contributed by atoms with Crippen molar-refractivity contribution in [3.05, 3.63) is 65.7 Å². The van der Waals surface area contributed by atoms with Crippen LogP contribution in [0.25, 0.3) is 0 Å². The minimum atomic E-state index is -1.45. The number of carboxylic acid groups (broad SMARTS) is 1. The van der Waals surface area contributed by atoms with E-state index in [2.05, 4.69) is 0 Å². The first-order chi connectivity index (χ1) is 19.2. The lowest BCUT2D eigenvalue weighted by atomic mass is 9.48. The first-order valence-corrected chi connectivity index (χ1v) is 14.4. The van der Waals surface area contributed by atoms with Gasteiger partial charge in [-0.05, 0) is 85.8 Å². The molecule has 7 rings (SSSR count). The van der Waals surface area contributed by atoms with E-state index in [1.54, 1.807) is 24.3 Å². The van der Waals surface area contributed by atoms with Crippen LogP contribution < -0.4 is 10.6 Å². The molecule has 0 spiro atoms. The summed E-state index contributed by atoms with van der Waals surface area (Å²) in [5.74, 6) is -0.845. The van der Waals surface area contributed by atoms with Crippen molar-refractivity contribution in [2.45, 2.75) is 76.5 Å². The Balaban J connectivity index is 1.51. The van der Waals surface area contributed by atoms with Crippen LogP contribution in [0.1, 0.15) is 80.4 Å². The zero-order chi connectivity index (χ0) is 28.2. The number of carbonyl (C=O) groups is 4. The second-order valence-corrected chi connectivity index (χ2v) is 12.6. The molecular weight excluding hydrogens is 506 g/mol. The molecule has 2 aromatic carbocycles. The zero-order valence-corrected chi connectivity index (χ0v) is 22.9. The van der Waals surface area contributed by atoms with Gasteiger partial charge in [0.15, 0.2) is 5.78 Å². The van der Waals surface area contributed by atoms with Crippen molar-refractivity contribution in [2.24, 2.45) is 28.9 Å². The summed E-state index contributed by atoms with van der Waals surface area (Å²) in [5.41, 5.74) is 7.92. The summed E-state index contributed by atoms with van der Waals surface area (Å²) >= 11 is 0. The minimum absolute atomic E-state index is 0.133. The number of fused-ring (bicyclic) bond motifs is 1. The van der Waals surface area contributed by atoms with Crippen LogP contribution in [0.2, 0.25) is 0 Å². The summed E-state index contributed by atoms with van der Waals surface area (Å²) in [6.07, 6.45) is 5.68. The van der Waals surface area contributed by atoms with Crippen molar-refractivity contribution in [3.8, 4) is 0 Å². The number of hydrogen-bond acceptors (Lipinski definition) is 5. The summed E-state index contributed by atoms with van der Waals surface area (Å²) in [4.78, 5) is 57.1. The number of benzene rings is 2. The Morgan fingerprint density at radius 3 is 2.10 bits per heavy atom. The monoisotopic (exact) mass is 543 g/mol. The number of ketones is 1. The number of para-hydroxylation sites is 1. The van der Waals surface area contributed by atoms with Crippen LogP contribution in [0, 0.1) is 23.2 Å². The van der Waals surface area contributed by atoms with Crippen LogP contribution in [-0.2, 0) is 14.4 Å². The van der Waals surface area contributed by atoms with Gasteiger partial charge in [-0.15, -0.1) is 0 Å². The predicted octanol–water partition coefficient (Wildman–Crippen LogP) is 4.54. The maximum atomic E-state index is 14.9. The number of nitrogens with zero attached hydrogens (tertiary/aromatic N) is 2. The number of carboxylic acids is 1. The molecule has 1 aliphatic heterocycles. The number of carbonyl (C=O) groups excluding carboxylic acids is 3. The molecule has 3 N–H and O–H groups in total. The zero-order valence-electron chi connectivity index (χ0n) is 22.9. The van der Waals surface area contributed by atoms with E-state index in [1.165, 1.54) is 36.0 Å². The highest BCUT2D eigenvalue weighted by Crippen LogP contribution is 2.62. The largest absolute Gasteiger partial charge is 0.480 e. The van der Waals surface area contributed by atoms with Gasteiger partial charge in [0.05, 0.1) is 5.69 Å². The van der Waals surface area contributed by atoms with Crippen molar-refractivity contribution < 1.29 is 24.3 Å². The molecule has 4 fully saturated rings. The molecule has 4 aliphatic carbocycles. The molecule has 8 heteroatoms. The smallest absolute Gasteiger partial charge is 0.326 e. The number of rotatable bonds is 5. The van der Waals surface area contributed by atoms with Crippen molar-refractivity contribution in [1.29, 1.82) is 0 Å². The number of aliphatic carboxylic acids is 1. The number of hydrogen-bond donors (Lipinski definition) is 2. The van der Waals surface area contributed by atoms with Gasteiger partial charge in [-0.2, -0.15) is 0 Å². The van der Waals surface area contributed by atoms with Crippen molar-refractivity contribution >= 4 is 29.3 Å². The first kappa shape index (κ1) is 26.7. The van der Waals surface area contributed by atoms with E-state index >= 15 is 0 Å². The lowest BCUT2D eigenvalue weighted by Crippen LogP contribution is -2.60. The van der Waals surface area contributed by atoms with Crippen LogP contribution in [-0.4, -0.2) is 45.7 Å².